The Labute approximate surface area is 297 Å². The topological polar surface area (TPSA) is 98.8 Å². The first-order valence-electron chi connectivity index (χ1n) is 15.3. The maximum absolute atomic E-state index is 12.8. The van der Waals surface area contributed by atoms with Crippen LogP contribution in [0.4, 0.5) is 22.7 Å². The minimum Gasteiger partial charge on any atom is -0.378 e. The molecule has 49 heavy (non-hydrogen) atoms. The van der Waals surface area contributed by atoms with Gasteiger partial charge in [-0.05, 0) is 107 Å². The molecule has 0 fully saturated rings. The molecule has 0 unspecified atom stereocenters. The van der Waals surface area contributed by atoms with Crippen molar-refractivity contribution in [2.45, 2.75) is 9.79 Å². The number of hydrogen-bond acceptors (Lipinski definition) is 6. The predicted octanol–water partition coefficient (Wildman–Crippen LogP) is 8.69. The maximum Gasteiger partial charge on any atom is 0.261 e. The van der Waals surface area contributed by atoms with E-state index in [4.69, 9.17) is 0 Å². The summed E-state index contributed by atoms with van der Waals surface area (Å²) in [4.78, 5) is 4.38. The van der Waals surface area contributed by atoms with Crippen molar-refractivity contribution in [2.75, 3.05) is 47.4 Å². The summed E-state index contributed by atoms with van der Waals surface area (Å²) in [5.41, 5.74) is 5.16. The molecule has 0 aliphatic heterocycles. The number of rotatable bonds is 9. The quantitative estimate of drug-likeness (QED) is 0.153. The van der Waals surface area contributed by atoms with Crippen LogP contribution in [0.25, 0.3) is 21.9 Å². The van der Waals surface area contributed by atoms with Crippen molar-refractivity contribution < 1.29 is 16.8 Å². The summed E-state index contributed by atoms with van der Waals surface area (Å²) in [6.45, 7) is 0. The highest BCUT2D eigenvalue weighted by Gasteiger charge is 2.16. The SMILES string of the molecule is CN(C)c1ccc(NS(=O)(=O)c2ccc(-c3cccc4ccccc34)cc2)cc1.CN(C)c1ccc(NS(=O)(=O)c2ccc(Br)cc2)cc1. The van der Waals surface area contributed by atoms with Crippen LogP contribution in [0.3, 0.4) is 0 Å². The monoisotopic (exact) mass is 756 g/mol. The zero-order chi connectivity index (χ0) is 35.2. The molecule has 0 aromatic heterocycles. The Hall–Kier alpha value is -4.84. The molecule has 0 radical (unpaired) electrons. The Balaban J connectivity index is 0.000000205. The van der Waals surface area contributed by atoms with E-state index >= 15 is 0 Å². The summed E-state index contributed by atoms with van der Waals surface area (Å²) >= 11 is 3.28. The van der Waals surface area contributed by atoms with Crippen LogP contribution in [0.2, 0.25) is 0 Å². The zero-order valence-corrected chi connectivity index (χ0v) is 30.7. The lowest BCUT2D eigenvalue weighted by molar-refractivity contribution is 0.599. The van der Waals surface area contributed by atoms with Crippen LogP contribution in [0.15, 0.2) is 154 Å². The van der Waals surface area contributed by atoms with Crippen molar-refractivity contribution in [3.8, 4) is 11.1 Å². The first-order valence-corrected chi connectivity index (χ1v) is 19.0. The van der Waals surface area contributed by atoms with Gasteiger partial charge in [0.25, 0.3) is 20.0 Å². The number of benzene rings is 6. The molecular weight excluding hydrogens is 720 g/mol. The molecule has 2 N–H and O–H groups in total. The third-order valence-corrected chi connectivity index (χ3v) is 11.0. The van der Waals surface area contributed by atoms with Gasteiger partial charge in [0.05, 0.1) is 9.79 Å². The fraction of sp³-hybridized carbons (Fsp3) is 0.105. The Morgan fingerprint density at radius 1 is 0.490 bits per heavy atom. The normalized spacial score (nSPS) is 11.3. The van der Waals surface area contributed by atoms with Crippen LogP contribution in [-0.2, 0) is 20.0 Å². The Morgan fingerprint density at radius 2 is 0.918 bits per heavy atom. The second-order valence-corrected chi connectivity index (χ2v) is 15.9. The largest absolute Gasteiger partial charge is 0.378 e. The van der Waals surface area contributed by atoms with Crippen LogP contribution in [0.5, 0.6) is 0 Å². The molecule has 8 nitrogen and oxygen atoms in total. The lowest BCUT2D eigenvalue weighted by Crippen LogP contribution is -2.13. The molecule has 6 aromatic rings. The van der Waals surface area contributed by atoms with Crippen LogP contribution in [0.1, 0.15) is 0 Å². The van der Waals surface area contributed by atoms with Crippen molar-refractivity contribution in [1.29, 1.82) is 0 Å². The van der Waals surface area contributed by atoms with Crippen molar-refractivity contribution in [1.82, 2.24) is 0 Å². The van der Waals surface area contributed by atoms with Gasteiger partial charge in [0.1, 0.15) is 0 Å². The van der Waals surface area contributed by atoms with E-state index in [0.717, 1.165) is 37.7 Å². The van der Waals surface area contributed by atoms with Gasteiger partial charge in [0, 0.05) is 55.4 Å². The number of nitrogens with one attached hydrogen (secondary N) is 2. The van der Waals surface area contributed by atoms with E-state index in [-0.39, 0.29) is 9.79 Å². The maximum atomic E-state index is 12.8. The molecule has 0 aliphatic carbocycles. The van der Waals surface area contributed by atoms with E-state index < -0.39 is 20.0 Å². The van der Waals surface area contributed by atoms with E-state index in [1.807, 2.05) is 92.6 Å². The fourth-order valence-electron chi connectivity index (χ4n) is 4.99. The Kier molecular flexibility index (Phi) is 11.0. The summed E-state index contributed by atoms with van der Waals surface area (Å²) in [7, 11) is 0.546. The second kappa shape index (κ2) is 15.1. The molecule has 6 aromatic carbocycles. The minimum atomic E-state index is -3.65. The molecule has 0 saturated heterocycles. The van der Waals surface area contributed by atoms with Crippen molar-refractivity contribution in [2.24, 2.45) is 0 Å². The second-order valence-electron chi connectivity index (χ2n) is 11.6. The molecule has 0 amide bonds. The molecular formula is C38H37BrN4O4S2. The lowest BCUT2D eigenvalue weighted by atomic mass is 9.98. The minimum absolute atomic E-state index is 0.234. The van der Waals surface area contributed by atoms with Gasteiger partial charge in [0.2, 0.25) is 0 Å². The number of hydrogen-bond donors (Lipinski definition) is 2. The molecule has 0 saturated carbocycles. The lowest BCUT2D eigenvalue weighted by Gasteiger charge is -2.14. The van der Waals surface area contributed by atoms with Gasteiger partial charge in [-0.2, -0.15) is 0 Å². The molecule has 252 valence electrons. The van der Waals surface area contributed by atoms with Gasteiger partial charge in [-0.25, -0.2) is 16.8 Å². The molecule has 6 rings (SSSR count). The number of anilines is 4. The summed E-state index contributed by atoms with van der Waals surface area (Å²) < 4.78 is 55.9. The molecule has 0 bridgehead atoms. The van der Waals surface area contributed by atoms with E-state index in [1.54, 1.807) is 60.7 Å². The fourth-order valence-corrected chi connectivity index (χ4v) is 7.37. The van der Waals surface area contributed by atoms with Gasteiger partial charge >= 0.3 is 0 Å². The molecule has 0 aliphatic rings. The van der Waals surface area contributed by atoms with E-state index in [0.29, 0.717) is 11.4 Å². The summed E-state index contributed by atoms with van der Waals surface area (Å²) in [5, 5.41) is 2.30. The molecule has 0 spiro atoms. The highest BCUT2D eigenvalue weighted by molar-refractivity contribution is 9.10. The standard InChI is InChI=1S/C24H22N2O2S.C14H15BrN2O2S/c1-26(2)21-14-12-20(13-15-21)25-29(27,28)22-16-10-19(11-17-22)24-9-5-7-18-6-3-4-8-23(18)24;1-17(2)13-7-5-12(6-8-13)16-20(18,19)14-9-3-11(15)4-10-14/h3-17,25H,1-2H3;3-10,16H,1-2H3. The predicted molar refractivity (Wildman–Crippen MR) is 207 cm³/mol. The Bertz CT molecular complexity index is 2240. The number of sulfonamides is 2. The van der Waals surface area contributed by atoms with Crippen molar-refractivity contribution in [3.05, 3.63) is 144 Å². The average molecular weight is 758 g/mol. The van der Waals surface area contributed by atoms with Crippen LogP contribution < -0.4 is 19.2 Å². The highest BCUT2D eigenvalue weighted by Crippen LogP contribution is 2.30. The van der Waals surface area contributed by atoms with Crippen LogP contribution in [0, 0.1) is 0 Å². The van der Waals surface area contributed by atoms with E-state index in [2.05, 4.69) is 49.6 Å². The van der Waals surface area contributed by atoms with Gasteiger partial charge in [-0.1, -0.05) is 70.5 Å². The van der Waals surface area contributed by atoms with E-state index in [9.17, 15) is 16.8 Å². The molecule has 0 heterocycles. The van der Waals surface area contributed by atoms with Gasteiger partial charge in [-0.3, -0.25) is 9.44 Å². The Morgan fingerprint density at radius 3 is 1.39 bits per heavy atom. The van der Waals surface area contributed by atoms with Gasteiger partial charge < -0.3 is 9.80 Å². The van der Waals surface area contributed by atoms with Crippen molar-refractivity contribution >= 4 is 69.5 Å². The van der Waals surface area contributed by atoms with E-state index in [1.165, 1.54) is 0 Å². The highest BCUT2D eigenvalue weighted by atomic mass is 79.9. The smallest absolute Gasteiger partial charge is 0.261 e. The third kappa shape index (κ3) is 9.00. The first-order chi connectivity index (χ1) is 23.3. The molecule has 11 heteroatoms. The first kappa shape index (κ1) is 35.5. The van der Waals surface area contributed by atoms with Crippen LogP contribution in [-0.4, -0.2) is 45.0 Å². The summed E-state index contributed by atoms with van der Waals surface area (Å²) in [6.07, 6.45) is 0. The number of halogens is 1. The third-order valence-electron chi connectivity index (χ3n) is 7.66. The van der Waals surface area contributed by atoms with Crippen molar-refractivity contribution in [3.63, 3.8) is 0 Å². The van der Waals surface area contributed by atoms with Gasteiger partial charge in [-0.15, -0.1) is 0 Å². The number of fused-ring (bicyclic) bond motifs is 1. The number of nitrogens with zero attached hydrogens (tertiary/aromatic N) is 2. The molecule has 0 atom stereocenters. The summed E-state index contributed by atoms with van der Waals surface area (Å²) in [5.74, 6) is 0. The average Bonchev–Trinajstić information content (AvgIpc) is 3.09. The summed E-state index contributed by atoms with van der Waals surface area (Å²) in [6, 6.07) is 42.3. The zero-order valence-electron chi connectivity index (χ0n) is 27.5. The van der Waals surface area contributed by atoms with Gasteiger partial charge in [0.15, 0.2) is 0 Å². The van der Waals surface area contributed by atoms with Crippen LogP contribution >= 0.6 is 15.9 Å².